The molecule has 1 aromatic carbocycles. The van der Waals surface area contributed by atoms with Gasteiger partial charge < -0.3 is 0 Å². The fourth-order valence-corrected chi connectivity index (χ4v) is 3.60. The molecule has 2 heterocycles. The van der Waals surface area contributed by atoms with Crippen molar-refractivity contribution >= 4 is 34.7 Å². The van der Waals surface area contributed by atoms with Crippen LogP contribution in [-0.4, -0.2) is 5.87 Å². The number of hydrazone groups is 1. The second kappa shape index (κ2) is 5.93. The van der Waals surface area contributed by atoms with Crippen molar-refractivity contribution in [2.24, 2.45) is 5.10 Å². The lowest BCUT2D eigenvalue weighted by molar-refractivity contribution is 1.32. The van der Waals surface area contributed by atoms with Gasteiger partial charge in [0.1, 0.15) is 0 Å². The van der Waals surface area contributed by atoms with Gasteiger partial charge >= 0.3 is 0 Å². The second-order valence-electron chi connectivity index (χ2n) is 3.98. The third kappa shape index (κ3) is 3.18. The third-order valence-corrected chi connectivity index (χ3v) is 4.88. The van der Waals surface area contributed by atoms with Gasteiger partial charge in [-0.25, -0.2) is 0 Å². The summed E-state index contributed by atoms with van der Waals surface area (Å²) in [6, 6.07) is 14.1. The Morgan fingerprint density at radius 3 is 2.79 bits per heavy atom. The number of hydrogen-bond donors (Lipinski definition) is 1. The molecule has 0 fully saturated rings. The molecule has 94 valence electrons. The number of nitrogens with one attached hydrogen (secondary N) is 1. The summed E-state index contributed by atoms with van der Waals surface area (Å²) in [6.07, 6.45) is 4.27. The average molecular weight is 284 g/mol. The highest BCUT2D eigenvalue weighted by Crippen LogP contribution is 2.42. The monoisotopic (exact) mass is 284 g/mol. The van der Waals surface area contributed by atoms with Crippen molar-refractivity contribution < 1.29 is 0 Å². The second-order valence-corrected chi connectivity index (χ2v) is 6.14. The maximum Gasteiger partial charge on any atom is 0.0713 e. The quantitative estimate of drug-likeness (QED) is 0.654. The number of thiophene rings is 1. The highest BCUT2D eigenvalue weighted by atomic mass is 32.2. The maximum atomic E-state index is 4.13. The van der Waals surface area contributed by atoms with Gasteiger partial charge in [0.15, 0.2) is 0 Å². The van der Waals surface area contributed by atoms with Crippen LogP contribution in [0.1, 0.15) is 10.1 Å². The van der Waals surface area contributed by atoms with Crippen LogP contribution in [0.5, 0.6) is 0 Å². The van der Waals surface area contributed by atoms with E-state index < -0.39 is 0 Å². The molecule has 19 heavy (non-hydrogen) atoms. The molecule has 1 aliphatic heterocycles. The number of benzene rings is 1. The van der Waals surface area contributed by atoms with E-state index >= 15 is 0 Å². The summed E-state index contributed by atoms with van der Waals surface area (Å²) in [5.41, 5.74) is 3.94. The van der Waals surface area contributed by atoms with Crippen LogP contribution < -0.4 is 5.43 Å². The normalized spacial score (nSPS) is 17.3. The van der Waals surface area contributed by atoms with Gasteiger partial charge in [-0.2, -0.15) is 0 Å². The van der Waals surface area contributed by atoms with Gasteiger partial charge in [-0.05, 0) is 29.7 Å². The summed E-state index contributed by atoms with van der Waals surface area (Å²) < 4.78 is 0. The molecule has 0 aliphatic carbocycles. The molecule has 3 rings (SSSR count). The van der Waals surface area contributed by atoms with Crippen molar-refractivity contribution in [2.45, 2.75) is 5.25 Å². The first-order chi connectivity index (χ1) is 9.42. The van der Waals surface area contributed by atoms with E-state index in [4.69, 9.17) is 0 Å². The Balaban J connectivity index is 1.65. The molecule has 0 radical (unpaired) electrons. The van der Waals surface area contributed by atoms with E-state index in [0.29, 0.717) is 5.25 Å². The topological polar surface area (TPSA) is 24.4 Å². The Morgan fingerprint density at radius 2 is 2.00 bits per heavy atom. The number of anilines is 1. The molecule has 0 bridgehead atoms. The van der Waals surface area contributed by atoms with Crippen molar-refractivity contribution in [1.82, 2.24) is 0 Å². The van der Waals surface area contributed by atoms with Gasteiger partial charge in [-0.15, -0.1) is 28.2 Å². The third-order valence-electron chi connectivity index (χ3n) is 2.62. The molecule has 1 atom stereocenters. The van der Waals surface area contributed by atoms with E-state index in [1.165, 1.54) is 4.88 Å². The Kier molecular flexibility index (Phi) is 3.84. The van der Waals surface area contributed by atoms with E-state index in [-0.39, 0.29) is 0 Å². The lowest BCUT2D eigenvalue weighted by atomic mass is 10.3. The van der Waals surface area contributed by atoms with Gasteiger partial charge in [-0.3, -0.25) is 5.43 Å². The number of para-hydroxylation sites is 1. The van der Waals surface area contributed by atoms with Gasteiger partial charge in [-0.1, -0.05) is 30.3 Å². The molecule has 1 unspecified atom stereocenters. The first-order valence-corrected chi connectivity index (χ1v) is 7.70. The number of rotatable bonds is 3. The summed E-state index contributed by atoms with van der Waals surface area (Å²) in [4.78, 5) is 2.43. The van der Waals surface area contributed by atoms with E-state index in [1.54, 1.807) is 23.1 Å². The van der Waals surface area contributed by atoms with Crippen LogP contribution in [0.4, 0.5) is 5.69 Å². The summed E-state index contributed by atoms with van der Waals surface area (Å²) in [6.45, 7) is 0. The number of thioether (sulfide) groups is 1. The largest absolute Gasteiger partial charge is 0.270 e. The number of allylic oxidation sites excluding steroid dienone is 1. The molecule has 0 saturated heterocycles. The van der Waals surface area contributed by atoms with Gasteiger partial charge in [0.25, 0.3) is 0 Å². The van der Waals surface area contributed by atoms with Crippen molar-refractivity contribution in [2.75, 3.05) is 5.43 Å². The first kappa shape index (κ1) is 12.3. The van der Waals surface area contributed by atoms with Crippen molar-refractivity contribution in [3.63, 3.8) is 0 Å². The summed E-state index contributed by atoms with van der Waals surface area (Å²) >= 11 is 3.56. The fourth-order valence-electron chi connectivity index (χ4n) is 1.72. The van der Waals surface area contributed by atoms with Crippen LogP contribution in [0, 0.1) is 0 Å². The van der Waals surface area contributed by atoms with Gasteiger partial charge in [0.2, 0.25) is 0 Å². The van der Waals surface area contributed by atoms with Crippen LogP contribution in [0.15, 0.2) is 70.0 Å². The Hall–Kier alpha value is -1.74. The van der Waals surface area contributed by atoms with Crippen LogP contribution in [0.3, 0.4) is 0 Å². The van der Waals surface area contributed by atoms with Gasteiger partial charge in [0, 0.05) is 10.7 Å². The minimum absolute atomic E-state index is 0.412. The Labute approximate surface area is 120 Å². The molecular formula is C15H12N2S2. The zero-order valence-electron chi connectivity index (χ0n) is 10.1. The molecule has 0 saturated carbocycles. The molecule has 2 nitrogen and oxygen atoms in total. The molecule has 1 aliphatic rings. The van der Waals surface area contributed by atoms with Crippen LogP contribution in [0.25, 0.3) is 0 Å². The number of hydrogen-bond acceptors (Lipinski definition) is 4. The molecule has 1 aromatic heterocycles. The standard InChI is InChI=1S/C15H12N2S2/c1-2-5-12(6-3-1)17-16-11-13-8-9-15(19-13)14-7-4-10-18-14/h1-10,15,17H. The summed E-state index contributed by atoms with van der Waals surface area (Å²) in [5, 5.41) is 6.65. The van der Waals surface area contributed by atoms with E-state index in [1.807, 2.05) is 30.3 Å². The smallest absolute Gasteiger partial charge is 0.0713 e. The molecule has 0 spiro atoms. The lowest BCUT2D eigenvalue weighted by Crippen LogP contribution is -1.86. The highest BCUT2D eigenvalue weighted by Gasteiger charge is 2.16. The molecule has 2 aromatic rings. The van der Waals surface area contributed by atoms with Crippen LogP contribution in [-0.2, 0) is 0 Å². The minimum Gasteiger partial charge on any atom is -0.270 e. The lowest BCUT2D eigenvalue weighted by Gasteiger charge is -2.01. The van der Waals surface area contributed by atoms with E-state index in [9.17, 15) is 0 Å². The Morgan fingerprint density at radius 1 is 1.11 bits per heavy atom. The predicted molar refractivity (Wildman–Crippen MR) is 84.8 cm³/mol. The zero-order valence-corrected chi connectivity index (χ0v) is 11.7. The minimum atomic E-state index is 0.412. The molecular weight excluding hydrogens is 272 g/mol. The Bertz CT molecular complexity index is 623. The molecule has 0 amide bonds. The van der Waals surface area contributed by atoms with Crippen LogP contribution >= 0.6 is 23.1 Å². The first-order valence-electron chi connectivity index (χ1n) is 5.94. The van der Waals surface area contributed by atoms with E-state index in [2.05, 4.69) is 46.1 Å². The number of nitrogens with zero attached hydrogens (tertiary/aromatic N) is 1. The summed E-state index contributed by atoms with van der Waals surface area (Å²) in [5.74, 6) is 3.03. The molecule has 1 N–H and O–H groups in total. The zero-order chi connectivity index (χ0) is 12.9. The predicted octanol–water partition coefficient (Wildman–Crippen LogP) is 4.67. The van der Waals surface area contributed by atoms with Crippen molar-refractivity contribution in [1.29, 1.82) is 0 Å². The molecule has 4 heteroatoms. The average Bonchev–Trinajstić information content (AvgIpc) is 3.10. The van der Waals surface area contributed by atoms with E-state index in [0.717, 1.165) is 10.6 Å². The SMILES string of the molecule is C(=NNc1ccccc1)=C1C=CC(c2cccs2)S1. The summed E-state index contributed by atoms with van der Waals surface area (Å²) in [7, 11) is 0. The highest BCUT2D eigenvalue weighted by molar-refractivity contribution is 8.04. The maximum absolute atomic E-state index is 4.13. The fraction of sp³-hybridized carbons (Fsp3) is 0.0667. The van der Waals surface area contributed by atoms with Gasteiger partial charge in [0.05, 0.1) is 15.8 Å². The van der Waals surface area contributed by atoms with Crippen molar-refractivity contribution in [3.8, 4) is 0 Å². The van der Waals surface area contributed by atoms with Crippen molar-refractivity contribution in [3.05, 3.63) is 69.8 Å². The van der Waals surface area contributed by atoms with Crippen LogP contribution in [0.2, 0.25) is 0 Å².